The molecule has 138 valence electrons. The number of aromatic amines is 1. The number of H-pyrrole nitrogens is 1. The molecule has 8 heteroatoms. The molecule has 3 aromatic heterocycles. The Balaban J connectivity index is 1.46. The van der Waals surface area contributed by atoms with Crippen molar-refractivity contribution in [2.75, 3.05) is 0 Å². The number of benzene rings is 1. The number of fused-ring (bicyclic) bond motifs is 1. The highest BCUT2D eigenvalue weighted by atomic mass is 32.2. The second-order valence-electron chi connectivity index (χ2n) is 6.73. The van der Waals surface area contributed by atoms with Crippen molar-refractivity contribution in [3.63, 3.8) is 0 Å². The molecule has 1 N–H and O–H groups in total. The summed E-state index contributed by atoms with van der Waals surface area (Å²) in [6, 6.07) is 14.3. The average Bonchev–Trinajstić information content (AvgIpc) is 3.33. The standard InChI is InChI=1S/C20H16N6OS/c21-9-14-10-23-26-18(27)8-15(24-19(14)26)12-28-20-22-11-17(25(20)16-6-7-16)13-4-2-1-3-5-13/h1-5,8,10-11,16,23H,6-7,12H2. The van der Waals surface area contributed by atoms with Crippen LogP contribution in [0.2, 0.25) is 0 Å². The Morgan fingerprint density at radius 1 is 1.29 bits per heavy atom. The summed E-state index contributed by atoms with van der Waals surface area (Å²) in [5.41, 5.74) is 3.40. The summed E-state index contributed by atoms with van der Waals surface area (Å²) in [5, 5.41) is 12.9. The molecule has 7 nitrogen and oxygen atoms in total. The summed E-state index contributed by atoms with van der Waals surface area (Å²) in [6.45, 7) is 0. The number of nitrogens with one attached hydrogen (secondary N) is 1. The quantitative estimate of drug-likeness (QED) is 0.529. The SMILES string of the molecule is N#Cc1c[nH]n2c(=O)cc(CSc3ncc(-c4ccccc4)n3C3CC3)nc12. The van der Waals surface area contributed by atoms with E-state index in [4.69, 9.17) is 0 Å². The summed E-state index contributed by atoms with van der Waals surface area (Å²) >= 11 is 1.57. The van der Waals surface area contributed by atoms with Crippen LogP contribution in [0.25, 0.3) is 16.9 Å². The molecule has 0 bridgehead atoms. The van der Waals surface area contributed by atoms with Crippen molar-refractivity contribution >= 4 is 17.4 Å². The maximum Gasteiger partial charge on any atom is 0.272 e. The minimum absolute atomic E-state index is 0.224. The van der Waals surface area contributed by atoms with Crippen molar-refractivity contribution in [2.45, 2.75) is 29.8 Å². The lowest BCUT2D eigenvalue weighted by molar-refractivity contribution is 0.669. The predicted molar refractivity (Wildman–Crippen MR) is 106 cm³/mol. The van der Waals surface area contributed by atoms with Gasteiger partial charge in [0.05, 0.1) is 17.6 Å². The zero-order valence-electron chi connectivity index (χ0n) is 14.9. The average molecular weight is 388 g/mol. The van der Waals surface area contributed by atoms with Gasteiger partial charge in [0.15, 0.2) is 10.8 Å². The van der Waals surface area contributed by atoms with E-state index in [1.165, 1.54) is 16.8 Å². The Labute approximate surface area is 164 Å². The second-order valence-corrected chi connectivity index (χ2v) is 7.67. The molecule has 5 rings (SSSR count). The largest absolute Gasteiger partial charge is 0.316 e. The molecule has 0 amide bonds. The molecule has 0 aliphatic heterocycles. The molecular formula is C20H16N6OS. The molecule has 1 saturated carbocycles. The molecule has 0 atom stereocenters. The van der Waals surface area contributed by atoms with Crippen LogP contribution in [-0.2, 0) is 5.75 Å². The molecule has 0 saturated heterocycles. The van der Waals surface area contributed by atoms with Crippen molar-refractivity contribution in [1.29, 1.82) is 5.26 Å². The molecule has 0 radical (unpaired) electrons. The first kappa shape index (κ1) is 16.8. The van der Waals surface area contributed by atoms with E-state index in [0.717, 1.165) is 29.3 Å². The highest BCUT2D eigenvalue weighted by molar-refractivity contribution is 7.98. The van der Waals surface area contributed by atoms with Gasteiger partial charge in [0.1, 0.15) is 11.6 Å². The van der Waals surface area contributed by atoms with Gasteiger partial charge in [-0.25, -0.2) is 14.5 Å². The van der Waals surface area contributed by atoms with E-state index in [1.54, 1.807) is 11.8 Å². The predicted octanol–water partition coefficient (Wildman–Crippen LogP) is 3.38. The number of imidazole rings is 1. The first-order valence-corrected chi connectivity index (χ1v) is 9.99. The summed E-state index contributed by atoms with van der Waals surface area (Å²) in [4.78, 5) is 21.4. The fourth-order valence-electron chi connectivity index (χ4n) is 3.28. The summed E-state index contributed by atoms with van der Waals surface area (Å²) in [7, 11) is 0. The number of rotatable bonds is 5. The number of aromatic nitrogens is 5. The normalized spacial score (nSPS) is 13.7. The van der Waals surface area contributed by atoms with E-state index in [2.05, 4.69) is 37.8 Å². The first-order valence-electron chi connectivity index (χ1n) is 9.00. The van der Waals surface area contributed by atoms with E-state index in [0.29, 0.717) is 28.7 Å². The third-order valence-electron chi connectivity index (χ3n) is 4.76. The van der Waals surface area contributed by atoms with E-state index in [-0.39, 0.29) is 5.56 Å². The van der Waals surface area contributed by atoms with Crippen LogP contribution in [-0.4, -0.2) is 24.1 Å². The minimum atomic E-state index is -0.224. The van der Waals surface area contributed by atoms with Gasteiger partial charge in [-0.2, -0.15) is 5.26 Å². The van der Waals surface area contributed by atoms with Gasteiger partial charge in [0.25, 0.3) is 5.56 Å². The van der Waals surface area contributed by atoms with Gasteiger partial charge in [-0.3, -0.25) is 9.89 Å². The highest BCUT2D eigenvalue weighted by Crippen LogP contribution is 2.42. The molecule has 1 aromatic carbocycles. The van der Waals surface area contributed by atoms with Gasteiger partial charge in [0.2, 0.25) is 0 Å². The number of nitrogens with zero attached hydrogens (tertiary/aromatic N) is 5. The number of hydrogen-bond acceptors (Lipinski definition) is 5. The minimum Gasteiger partial charge on any atom is -0.316 e. The molecular weight excluding hydrogens is 372 g/mol. The maximum absolute atomic E-state index is 12.3. The van der Waals surface area contributed by atoms with Crippen LogP contribution < -0.4 is 5.56 Å². The Hall–Kier alpha value is -3.31. The zero-order valence-corrected chi connectivity index (χ0v) is 15.7. The van der Waals surface area contributed by atoms with Gasteiger partial charge >= 0.3 is 0 Å². The Morgan fingerprint density at radius 3 is 2.86 bits per heavy atom. The smallest absolute Gasteiger partial charge is 0.272 e. The van der Waals surface area contributed by atoms with Crippen LogP contribution in [0.1, 0.15) is 30.1 Å². The van der Waals surface area contributed by atoms with Crippen molar-refractivity contribution < 1.29 is 0 Å². The van der Waals surface area contributed by atoms with Crippen molar-refractivity contribution in [3.05, 3.63) is 70.4 Å². The van der Waals surface area contributed by atoms with Crippen molar-refractivity contribution in [1.82, 2.24) is 24.1 Å². The van der Waals surface area contributed by atoms with Gasteiger partial charge in [-0.1, -0.05) is 42.1 Å². The van der Waals surface area contributed by atoms with E-state index < -0.39 is 0 Å². The number of hydrogen-bond donors (Lipinski definition) is 1. The molecule has 0 spiro atoms. The second kappa shape index (κ2) is 6.69. The van der Waals surface area contributed by atoms with Crippen LogP contribution >= 0.6 is 11.8 Å². The third-order valence-corrected chi connectivity index (χ3v) is 5.77. The van der Waals surface area contributed by atoms with E-state index in [9.17, 15) is 10.1 Å². The molecule has 1 aliphatic rings. The number of thioether (sulfide) groups is 1. The molecule has 1 aliphatic carbocycles. The van der Waals surface area contributed by atoms with Crippen LogP contribution in [0.15, 0.2) is 58.7 Å². The van der Waals surface area contributed by atoms with Crippen LogP contribution in [0.3, 0.4) is 0 Å². The monoisotopic (exact) mass is 388 g/mol. The van der Waals surface area contributed by atoms with Gasteiger partial charge < -0.3 is 4.57 Å². The fourth-order valence-corrected chi connectivity index (χ4v) is 4.22. The third kappa shape index (κ3) is 2.90. The molecule has 28 heavy (non-hydrogen) atoms. The van der Waals surface area contributed by atoms with Crippen molar-refractivity contribution in [2.24, 2.45) is 0 Å². The first-order chi connectivity index (χ1) is 13.7. The van der Waals surface area contributed by atoms with Gasteiger partial charge in [-0.05, 0) is 18.4 Å². The van der Waals surface area contributed by atoms with Crippen molar-refractivity contribution in [3.8, 4) is 17.3 Å². The Morgan fingerprint density at radius 2 is 2.11 bits per heavy atom. The zero-order chi connectivity index (χ0) is 19.1. The van der Waals surface area contributed by atoms with Crippen LogP contribution in [0.5, 0.6) is 0 Å². The lowest BCUT2D eigenvalue weighted by Crippen LogP contribution is -2.15. The van der Waals surface area contributed by atoms with E-state index >= 15 is 0 Å². The Bertz CT molecular complexity index is 1260. The lowest BCUT2D eigenvalue weighted by Gasteiger charge is -2.10. The lowest BCUT2D eigenvalue weighted by atomic mass is 10.2. The molecule has 1 fully saturated rings. The summed E-state index contributed by atoms with van der Waals surface area (Å²) in [6.07, 6.45) is 5.72. The number of nitriles is 1. The molecule has 0 unspecified atom stereocenters. The van der Waals surface area contributed by atoms with Gasteiger partial charge in [-0.15, -0.1) is 0 Å². The topological polar surface area (TPSA) is 91.8 Å². The summed E-state index contributed by atoms with van der Waals surface area (Å²) < 4.78 is 3.58. The van der Waals surface area contributed by atoms with Crippen LogP contribution in [0, 0.1) is 11.3 Å². The highest BCUT2D eigenvalue weighted by Gasteiger charge is 2.29. The summed E-state index contributed by atoms with van der Waals surface area (Å²) in [5.74, 6) is 0.514. The fraction of sp³-hybridized carbons (Fsp3) is 0.200. The Kier molecular flexibility index (Phi) is 4.02. The maximum atomic E-state index is 12.3. The molecule has 4 aromatic rings. The van der Waals surface area contributed by atoms with Crippen LogP contribution in [0.4, 0.5) is 0 Å². The van der Waals surface area contributed by atoms with E-state index in [1.807, 2.05) is 24.4 Å². The molecule has 3 heterocycles. The van der Waals surface area contributed by atoms with Gasteiger partial charge in [0, 0.05) is 24.1 Å².